The van der Waals surface area contributed by atoms with Gasteiger partial charge in [-0.05, 0) is 44.2 Å². The third-order valence-electron chi connectivity index (χ3n) is 3.90. The second kappa shape index (κ2) is 7.64. The van der Waals surface area contributed by atoms with Gasteiger partial charge >= 0.3 is 6.18 Å². The Morgan fingerprint density at radius 1 is 1.18 bits per heavy atom. The minimum absolute atomic E-state index is 0.0731. The van der Waals surface area contributed by atoms with Crippen molar-refractivity contribution in [2.45, 2.75) is 31.3 Å². The van der Waals surface area contributed by atoms with Crippen LogP contribution >= 0.6 is 11.3 Å². The molecular formula is C17H17F3N4O2S2. The molecule has 6 nitrogen and oxygen atoms in total. The Morgan fingerprint density at radius 2 is 1.86 bits per heavy atom. The van der Waals surface area contributed by atoms with Crippen LogP contribution in [0.15, 0.2) is 40.6 Å². The summed E-state index contributed by atoms with van der Waals surface area (Å²) in [4.78, 5) is 4.22. The summed E-state index contributed by atoms with van der Waals surface area (Å²) in [5.41, 5.74) is 1.62. The van der Waals surface area contributed by atoms with E-state index >= 15 is 0 Å². The summed E-state index contributed by atoms with van der Waals surface area (Å²) in [6.45, 7) is 3.87. The van der Waals surface area contributed by atoms with E-state index in [4.69, 9.17) is 0 Å². The van der Waals surface area contributed by atoms with Gasteiger partial charge in [-0.25, -0.2) is 22.8 Å². The van der Waals surface area contributed by atoms with Crippen LogP contribution in [0.25, 0.3) is 5.13 Å². The Balaban J connectivity index is 1.62. The molecule has 2 heterocycles. The van der Waals surface area contributed by atoms with Crippen LogP contribution in [0.4, 0.5) is 13.2 Å². The average molecular weight is 430 g/mol. The zero-order valence-electron chi connectivity index (χ0n) is 15.0. The molecule has 0 amide bonds. The van der Waals surface area contributed by atoms with Gasteiger partial charge < -0.3 is 0 Å². The predicted molar refractivity (Wildman–Crippen MR) is 99.0 cm³/mol. The van der Waals surface area contributed by atoms with Crippen molar-refractivity contribution in [3.8, 4) is 5.13 Å². The SMILES string of the molecule is Cc1cc(C)n(-c2nc(CCNS(=O)(=O)c3ccc(C(F)(F)F)cc3)cs2)n1. The molecule has 0 aliphatic carbocycles. The topological polar surface area (TPSA) is 76.9 Å². The summed E-state index contributed by atoms with van der Waals surface area (Å²) in [6, 6.07) is 5.30. The zero-order valence-corrected chi connectivity index (χ0v) is 16.6. The Morgan fingerprint density at radius 3 is 2.43 bits per heavy atom. The average Bonchev–Trinajstić information content (AvgIpc) is 3.20. The maximum absolute atomic E-state index is 12.6. The molecule has 0 saturated carbocycles. The van der Waals surface area contributed by atoms with Gasteiger partial charge in [0, 0.05) is 24.0 Å². The lowest BCUT2D eigenvalue weighted by atomic mass is 10.2. The van der Waals surface area contributed by atoms with Gasteiger partial charge in [-0.15, -0.1) is 11.3 Å². The van der Waals surface area contributed by atoms with Gasteiger partial charge in [0.05, 0.1) is 21.8 Å². The van der Waals surface area contributed by atoms with Crippen molar-refractivity contribution in [1.29, 1.82) is 0 Å². The molecule has 0 bridgehead atoms. The molecule has 11 heteroatoms. The summed E-state index contributed by atoms with van der Waals surface area (Å²) in [6.07, 6.45) is -4.17. The molecule has 0 aliphatic rings. The molecule has 0 atom stereocenters. The van der Waals surface area contributed by atoms with E-state index in [-0.39, 0.29) is 11.4 Å². The Labute approximate surface area is 164 Å². The Hall–Kier alpha value is -2.24. The fourth-order valence-electron chi connectivity index (χ4n) is 2.55. The van der Waals surface area contributed by atoms with Crippen molar-refractivity contribution < 1.29 is 21.6 Å². The molecule has 3 aromatic rings. The van der Waals surface area contributed by atoms with Crippen LogP contribution in [-0.2, 0) is 22.6 Å². The van der Waals surface area contributed by atoms with Crippen LogP contribution in [-0.4, -0.2) is 29.7 Å². The van der Waals surface area contributed by atoms with Gasteiger partial charge in [-0.3, -0.25) is 0 Å². The number of thiazole rings is 1. The van der Waals surface area contributed by atoms with E-state index in [9.17, 15) is 21.6 Å². The van der Waals surface area contributed by atoms with Gasteiger partial charge in [0.15, 0.2) is 0 Å². The number of sulfonamides is 1. The quantitative estimate of drug-likeness (QED) is 0.650. The number of alkyl halides is 3. The number of hydrogen-bond donors (Lipinski definition) is 1. The van der Waals surface area contributed by atoms with Gasteiger partial charge in [0.25, 0.3) is 0 Å². The first kappa shape index (κ1) is 20.5. The van der Waals surface area contributed by atoms with Crippen molar-refractivity contribution in [2.24, 2.45) is 0 Å². The van der Waals surface area contributed by atoms with Crippen molar-refractivity contribution >= 4 is 21.4 Å². The van der Waals surface area contributed by atoms with Crippen LogP contribution in [0.5, 0.6) is 0 Å². The van der Waals surface area contributed by atoms with E-state index < -0.39 is 21.8 Å². The van der Waals surface area contributed by atoms with Crippen molar-refractivity contribution in [3.05, 3.63) is 58.4 Å². The lowest BCUT2D eigenvalue weighted by Gasteiger charge is -2.09. The second-order valence-electron chi connectivity index (χ2n) is 6.13. The van der Waals surface area contributed by atoms with Gasteiger partial charge in [-0.1, -0.05) is 0 Å². The number of aryl methyl sites for hydroxylation is 2. The number of benzene rings is 1. The van der Waals surface area contributed by atoms with E-state index in [0.717, 1.165) is 35.7 Å². The first-order valence-electron chi connectivity index (χ1n) is 8.21. The van der Waals surface area contributed by atoms with E-state index in [1.54, 1.807) is 4.68 Å². The number of nitrogens with one attached hydrogen (secondary N) is 1. The molecule has 2 aromatic heterocycles. The first-order chi connectivity index (χ1) is 13.1. The zero-order chi connectivity index (χ0) is 20.5. The Kier molecular flexibility index (Phi) is 5.60. The monoisotopic (exact) mass is 430 g/mol. The molecule has 3 rings (SSSR count). The van der Waals surface area contributed by atoms with Crippen LogP contribution in [0.3, 0.4) is 0 Å². The number of aromatic nitrogens is 3. The molecule has 0 spiro atoms. The highest BCUT2D eigenvalue weighted by molar-refractivity contribution is 7.89. The number of nitrogens with zero attached hydrogens (tertiary/aromatic N) is 3. The highest BCUT2D eigenvalue weighted by atomic mass is 32.2. The van der Waals surface area contributed by atoms with Crippen LogP contribution in [0, 0.1) is 13.8 Å². The fraction of sp³-hybridized carbons (Fsp3) is 0.294. The lowest BCUT2D eigenvalue weighted by Crippen LogP contribution is -2.26. The van der Waals surface area contributed by atoms with Crippen molar-refractivity contribution in [3.63, 3.8) is 0 Å². The van der Waals surface area contributed by atoms with E-state index in [1.165, 1.54) is 11.3 Å². The van der Waals surface area contributed by atoms with E-state index in [0.29, 0.717) is 17.2 Å². The summed E-state index contributed by atoms with van der Waals surface area (Å²) in [7, 11) is -3.90. The summed E-state index contributed by atoms with van der Waals surface area (Å²) in [5, 5.41) is 6.85. The fourth-order valence-corrected chi connectivity index (χ4v) is 4.45. The predicted octanol–water partition coefficient (Wildman–Crippen LogP) is 3.49. The minimum Gasteiger partial charge on any atom is -0.223 e. The molecular weight excluding hydrogens is 413 g/mol. The number of halogens is 3. The largest absolute Gasteiger partial charge is 0.416 e. The first-order valence-corrected chi connectivity index (χ1v) is 10.6. The van der Waals surface area contributed by atoms with Gasteiger partial charge in [-0.2, -0.15) is 18.3 Å². The molecule has 1 N–H and O–H groups in total. The molecule has 0 fully saturated rings. The highest BCUT2D eigenvalue weighted by Crippen LogP contribution is 2.29. The Bertz CT molecular complexity index is 1070. The maximum atomic E-state index is 12.6. The molecule has 0 aliphatic heterocycles. The number of rotatable bonds is 6. The second-order valence-corrected chi connectivity index (χ2v) is 8.73. The molecule has 28 heavy (non-hydrogen) atoms. The van der Waals surface area contributed by atoms with Crippen molar-refractivity contribution in [1.82, 2.24) is 19.5 Å². The molecule has 0 radical (unpaired) electrons. The van der Waals surface area contributed by atoms with Gasteiger partial charge in [0.1, 0.15) is 0 Å². The molecule has 0 unspecified atom stereocenters. The smallest absolute Gasteiger partial charge is 0.223 e. The van der Waals surface area contributed by atoms with Crippen LogP contribution < -0.4 is 4.72 Å². The summed E-state index contributed by atoms with van der Waals surface area (Å²) >= 11 is 1.39. The maximum Gasteiger partial charge on any atom is 0.416 e. The van der Waals surface area contributed by atoms with Gasteiger partial charge in [0.2, 0.25) is 15.2 Å². The van der Waals surface area contributed by atoms with Crippen molar-refractivity contribution in [2.75, 3.05) is 6.54 Å². The third kappa shape index (κ3) is 4.59. The molecule has 150 valence electrons. The minimum atomic E-state index is -4.51. The number of hydrogen-bond acceptors (Lipinski definition) is 5. The van der Waals surface area contributed by atoms with E-state index in [1.807, 2.05) is 25.3 Å². The normalized spacial score (nSPS) is 12.5. The van der Waals surface area contributed by atoms with E-state index in [2.05, 4.69) is 14.8 Å². The third-order valence-corrected chi connectivity index (χ3v) is 6.24. The molecule has 1 aromatic carbocycles. The standard InChI is InChI=1S/C17H17F3N4O2S2/c1-11-9-12(2)24(23-11)16-22-14(10-27-16)7-8-21-28(25,26)15-5-3-13(4-6-15)17(18,19)20/h3-6,9-10,21H,7-8H2,1-2H3. The van der Waals surface area contributed by atoms with Crippen LogP contribution in [0.2, 0.25) is 0 Å². The summed E-state index contributed by atoms with van der Waals surface area (Å²) < 4.78 is 66.3. The lowest BCUT2D eigenvalue weighted by molar-refractivity contribution is -0.137. The molecule has 0 saturated heterocycles. The summed E-state index contributed by atoms with van der Waals surface area (Å²) in [5.74, 6) is 0. The van der Waals surface area contributed by atoms with Crippen LogP contribution in [0.1, 0.15) is 22.6 Å². The highest BCUT2D eigenvalue weighted by Gasteiger charge is 2.30.